The van der Waals surface area contributed by atoms with Crippen LogP contribution < -0.4 is 5.73 Å². The minimum Gasteiger partial charge on any atom is -0.369 e. The number of aryl methyl sites for hydroxylation is 1. The number of likely N-dealkylation sites (tertiary alicyclic amines) is 1. The van der Waals surface area contributed by atoms with Gasteiger partial charge in [-0.15, -0.1) is 0 Å². The first kappa shape index (κ1) is 21.0. The molecule has 1 aliphatic heterocycles. The Hall–Kier alpha value is -1.72. The Bertz CT molecular complexity index is 657. The van der Waals surface area contributed by atoms with Gasteiger partial charge >= 0.3 is 0 Å². The number of rotatable bonds is 7. The summed E-state index contributed by atoms with van der Waals surface area (Å²) < 4.78 is 0. The predicted molar refractivity (Wildman–Crippen MR) is 112 cm³/mol. The zero-order valence-corrected chi connectivity index (χ0v) is 17.4. The third kappa shape index (κ3) is 5.42. The van der Waals surface area contributed by atoms with Crippen molar-refractivity contribution in [1.82, 2.24) is 9.80 Å². The van der Waals surface area contributed by atoms with Crippen LogP contribution in [-0.2, 0) is 11.2 Å². The molecule has 0 unspecified atom stereocenters. The quantitative estimate of drug-likeness (QED) is 0.733. The minimum absolute atomic E-state index is 0.0836. The largest absolute Gasteiger partial charge is 0.369 e. The van der Waals surface area contributed by atoms with Crippen molar-refractivity contribution in [1.29, 1.82) is 0 Å². The van der Waals surface area contributed by atoms with Crippen molar-refractivity contribution in [3.8, 4) is 0 Å². The van der Waals surface area contributed by atoms with E-state index in [0.29, 0.717) is 0 Å². The number of carbonyl (C=O) groups excluding carboxylic acids is 2. The topological polar surface area (TPSA) is 66.6 Å². The van der Waals surface area contributed by atoms with E-state index in [-0.39, 0.29) is 11.3 Å². The monoisotopic (exact) mass is 385 g/mol. The van der Waals surface area contributed by atoms with Gasteiger partial charge in [0.1, 0.15) is 6.29 Å². The molecule has 1 heterocycles. The number of nitrogens with two attached hydrogens (primary N) is 1. The number of amides is 1. The maximum Gasteiger partial charge on any atom is 0.224 e. The van der Waals surface area contributed by atoms with E-state index in [0.717, 1.165) is 62.8 Å². The van der Waals surface area contributed by atoms with Gasteiger partial charge in [-0.05, 0) is 70.6 Å². The smallest absolute Gasteiger partial charge is 0.224 e. The summed E-state index contributed by atoms with van der Waals surface area (Å²) in [6.45, 7) is 5.27. The van der Waals surface area contributed by atoms with Crippen molar-refractivity contribution >= 4 is 12.2 Å². The summed E-state index contributed by atoms with van der Waals surface area (Å²) in [5, 5.41) is 0. The molecular weight excluding hydrogens is 350 g/mol. The van der Waals surface area contributed by atoms with Gasteiger partial charge in [-0.25, -0.2) is 0 Å². The number of nitrogens with zero attached hydrogens (tertiary/aromatic N) is 2. The summed E-state index contributed by atoms with van der Waals surface area (Å²) >= 11 is 0. The standard InChI is InChI=1S/C14H25N3O.C9H10O/c1-16(11-2-3-11)12-4-8-17(9-5-12)10-14(6-7-14)13(15)18;1-2-8-3-5-9(7-10)6-4-8/h11-12H,2-10H2,1H3,(H2,15,18);3-7H,2H2,1H3. The van der Waals surface area contributed by atoms with Crippen molar-refractivity contribution < 1.29 is 9.59 Å². The third-order valence-corrected chi connectivity index (χ3v) is 6.68. The molecule has 1 amide bonds. The average Bonchev–Trinajstić information content (AvgIpc) is 3.63. The molecule has 0 radical (unpaired) electrons. The second-order valence-electron chi connectivity index (χ2n) is 8.76. The molecule has 2 saturated carbocycles. The van der Waals surface area contributed by atoms with E-state index in [4.69, 9.17) is 5.73 Å². The molecule has 1 aromatic carbocycles. The number of hydrogen-bond acceptors (Lipinski definition) is 4. The van der Waals surface area contributed by atoms with E-state index in [1.54, 1.807) is 0 Å². The maximum atomic E-state index is 11.4. The summed E-state index contributed by atoms with van der Waals surface area (Å²) in [5.74, 6) is -0.0836. The highest BCUT2D eigenvalue weighted by Crippen LogP contribution is 2.46. The van der Waals surface area contributed by atoms with Crippen molar-refractivity contribution in [3.63, 3.8) is 0 Å². The highest BCUT2D eigenvalue weighted by Gasteiger charge is 2.49. The Morgan fingerprint density at radius 1 is 1.14 bits per heavy atom. The zero-order valence-electron chi connectivity index (χ0n) is 17.4. The Kier molecular flexibility index (Phi) is 6.89. The fraction of sp³-hybridized carbons (Fsp3) is 0.652. The highest BCUT2D eigenvalue weighted by atomic mass is 16.1. The second kappa shape index (κ2) is 9.19. The lowest BCUT2D eigenvalue weighted by Crippen LogP contribution is -2.47. The molecule has 3 aliphatic rings. The predicted octanol–water partition coefficient (Wildman–Crippen LogP) is 2.87. The first-order chi connectivity index (χ1) is 13.5. The van der Waals surface area contributed by atoms with Gasteiger partial charge in [-0.2, -0.15) is 0 Å². The number of hydrogen-bond donors (Lipinski definition) is 1. The Morgan fingerprint density at radius 3 is 2.14 bits per heavy atom. The van der Waals surface area contributed by atoms with Crippen LogP contribution in [-0.4, -0.2) is 60.8 Å². The Morgan fingerprint density at radius 2 is 1.71 bits per heavy atom. The van der Waals surface area contributed by atoms with E-state index >= 15 is 0 Å². The van der Waals surface area contributed by atoms with Gasteiger partial charge < -0.3 is 15.5 Å². The second-order valence-corrected chi connectivity index (χ2v) is 8.76. The molecule has 28 heavy (non-hydrogen) atoms. The number of piperidine rings is 1. The van der Waals surface area contributed by atoms with Gasteiger partial charge in [0, 0.05) is 24.2 Å². The Balaban J connectivity index is 0.000000192. The van der Waals surface area contributed by atoms with Gasteiger partial charge in [-0.1, -0.05) is 31.2 Å². The lowest BCUT2D eigenvalue weighted by Gasteiger charge is -2.38. The fourth-order valence-corrected chi connectivity index (χ4v) is 4.16. The van der Waals surface area contributed by atoms with Crippen molar-refractivity contribution in [2.45, 2.75) is 64.0 Å². The van der Waals surface area contributed by atoms with Crippen molar-refractivity contribution in [2.75, 3.05) is 26.7 Å². The molecule has 1 saturated heterocycles. The van der Waals surface area contributed by atoms with Gasteiger partial charge in [0.15, 0.2) is 0 Å². The number of aldehydes is 1. The molecule has 0 atom stereocenters. The average molecular weight is 386 g/mol. The van der Waals surface area contributed by atoms with Crippen LogP contribution in [0.25, 0.3) is 0 Å². The van der Waals surface area contributed by atoms with Crippen LogP contribution in [0, 0.1) is 5.41 Å². The molecule has 4 rings (SSSR count). The summed E-state index contributed by atoms with van der Waals surface area (Å²) in [6, 6.07) is 9.25. The maximum absolute atomic E-state index is 11.4. The molecule has 1 aromatic rings. The number of primary amides is 1. The molecule has 3 fully saturated rings. The zero-order chi connectivity index (χ0) is 20.1. The molecule has 0 bridgehead atoms. The van der Waals surface area contributed by atoms with Gasteiger partial charge in [0.2, 0.25) is 5.91 Å². The van der Waals surface area contributed by atoms with Crippen molar-refractivity contribution in [3.05, 3.63) is 35.4 Å². The van der Waals surface area contributed by atoms with E-state index in [2.05, 4.69) is 23.8 Å². The molecule has 2 N–H and O–H groups in total. The summed E-state index contributed by atoms with van der Waals surface area (Å²) in [4.78, 5) is 26.7. The SMILES string of the molecule is CCc1ccc(C=O)cc1.CN(C1CC1)C1CCN(CC2(C(N)=O)CC2)CC1. The van der Waals surface area contributed by atoms with Gasteiger partial charge in [0.05, 0.1) is 5.41 Å². The number of carbonyl (C=O) groups is 2. The molecule has 154 valence electrons. The molecule has 0 aromatic heterocycles. The molecule has 5 nitrogen and oxygen atoms in total. The van der Waals surface area contributed by atoms with Crippen LogP contribution in [0.3, 0.4) is 0 Å². The minimum atomic E-state index is -0.158. The van der Waals surface area contributed by atoms with E-state index < -0.39 is 0 Å². The van der Waals surface area contributed by atoms with Crippen LogP contribution in [0.15, 0.2) is 24.3 Å². The molecule has 0 spiro atoms. The van der Waals surface area contributed by atoms with Crippen LogP contribution in [0.4, 0.5) is 0 Å². The Labute approximate surface area is 169 Å². The summed E-state index contributed by atoms with van der Waals surface area (Å²) in [6.07, 6.45) is 9.18. The van der Waals surface area contributed by atoms with Crippen LogP contribution in [0.1, 0.15) is 61.4 Å². The van der Waals surface area contributed by atoms with Crippen molar-refractivity contribution in [2.24, 2.45) is 11.1 Å². The number of benzene rings is 1. The van der Waals surface area contributed by atoms with Crippen LogP contribution >= 0.6 is 0 Å². The molecule has 5 heteroatoms. The van der Waals surface area contributed by atoms with E-state index in [1.165, 1.54) is 31.2 Å². The van der Waals surface area contributed by atoms with E-state index in [9.17, 15) is 9.59 Å². The first-order valence-corrected chi connectivity index (χ1v) is 10.8. The lowest BCUT2D eigenvalue weighted by atomic mass is 10.00. The fourth-order valence-electron chi connectivity index (χ4n) is 4.16. The summed E-state index contributed by atoms with van der Waals surface area (Å²) in [7, 11) is 2.28. The third-order valence-electron chi connectivity index (χ3n) is 6.68. The lowest BCUT2D eigenvalue weighted by molar-refractivity contribution is -0.123. The normalized spacial score (nSPS) is 21.7. The highest BCUT2D eigenvalue weighted by molar-refractivity contribution is 5.83. The summed E-state index contributed by atoms with van der Waals surface area (Å²) in [5.41, 5.74) is 7.36. The molecule has 2 aliphatic carbocycles. The van der Waals surface area contributed by atoms with Crippen LogP contribution in [0.5, 0.6) is 0 Å². The van der Waals surface area contributed by atoms with Gasteiger partial charge in [0.25, 0.3) is 0 Å². The van der Waals surface area contributed by atoms with E-state index in [1.807, 2.05) is 24.3 Å². The molecular formula is C23H35N3O2. The van der Waals surface area contributed by atoms with Gasteiger partial charge in [-0.3, -0.25) is 9.59 Å². The van der Waals surface area contributed by atoms with Crippen LogP contribution in [0.2, 0.25) is 0 Å². The first-order valence-electron chi connectivity index (χ1n) is 10.8.